The van der Waals surface area contributed by atoms with E-state index in [9.17, 15) is 9.50 Å². The first-order chi connectivity index (χ1) is 5.04. The summed E-state index contributed by atoms with van der Waals surface area (Å²) in [7, 11) is 0. The Kier molecular flexibility index (Phi) is 2.50. The zero-order chi connectivity index (χ0) is 8.59. The van der Waals surface area contributed by atoms with Gasteiger partial charge in [-0.15, -0.1) is 0 Å². The number of aliphatic hydroxyl groups excluding tert-OH is 1. The summed E-state index contributed by atoms with van der Waals surface area (Å²) in [5, 5.41) is 9.19. The fourth-order valence-corrected chi connectivity index (χ4v) is 1.38. The maximum atomic E-state index is 13.1. The Balaban J connectivity index is 2.59. The third-order valence-corrected chi connectivity index (χ3v) is 2.15. The molecule has 0 bridgehead atoms. The van der Waals surface area contributed by atoms with Crippen molar-refractivity contribution >= 4 is 0 Å². The second kappa shape index (κ2) is 3.07. The molecule has 0 radical (unpaired) electrons. The van der Waals surface area contributed by atoms with Crippen LogP contribution in [0.15, 0.2) is 0 Å². The monoisotopic (exact) mass is 162 g/mol. The molecule has 0 aliphatic carbocycles. The average molecular weight is 162 g/mol. The molecule has 0 spiro atoms. The third kappa shape index (κ3) is 1.54. The molecule has 0 aromatic carbocycles. The summed E-state index contributed by atoms with van der Waals surface area (Å²) in [6, 6.07) is 0. The standard InChI is InChI=1S/C8H15FO2/c1-4(2)8-6(9)7(10)5(3)11-8/h4-8,10H,1-3H3/t5-,6+,7-,8+/m1/s1. The molecule has 1 aliphatic heterocycles. The van der Waals surface area contributed by atoms with Crippen LogP contribution in [0.1, 0.15) is 20.8 Å². The summed E-state index contributed by atoms with van der Waals surface area (Å²) in [5.41, 5.74) is 0. The Morgan fingerprint density at radius 2 is 2.00 bits per heavy atom. The largest absolute Gasteiger partial charge is 0.387 e. The fraction of sp³-hybridized carbons (Fsp3) is 1.00. The molecule has 0 amide bonds. The second-order valence-corrected chi connectivity index (χ2v) is 3.48. The van der Waals surface area contributed by atoms with Crippen LogP contribution in [0.5, 0.6) is 0 Å². The van der Waals surface area contributed by atoms with Crippen molar-refractivity contribution in [3.63, 3.8) is 0 Å². The molecule has 1 heterocycles. The van der Waals surface area contributed by atoms with Gasteiger partial charge in [0.15, 0.2) is 6.17 Å². The smallest absolute Gasteiger partial charge is 0.155 e. The first-order valence-electron chi connectivity index (χ1n) is 4.01. The highest BCUT2D eigenvalue weighted by molar-refractivity contribution is 4.89. The van der Waals surface area contributed by atoms with Gasteiger partial charge in [-0.2, -0.15) is 0 Å². The van der Waals surface area contributed by atoms with E-state index in [1.54, 1.807) is 6.92 Å². The molecule has 4 atom stereocenters. The molecule has 3 heteroatoms. The highest BCUT2D eigenvalue weighted by atomic mass is 19.1. The van der Waals surface area contributed by atoms with Crippen molar-refractivity contribution in [2.24, 2.45) is 5.92 Å². The normalized spacial score (nSPS) is 45.3. The van der Waals surface area contributed by atoms with Gasteiger partial charge in [-0.1, -0.05) is 13.8 Å². The van der Waals surface area contributed by atoms with Crippen molar-refractivity contribution in [1.82, 2.24) is 0 Å². The summed E-state index contributed by atoms with van der Waals surface area (Å²) in [4.78, 5) is 0. The van der Waals surface area contributed by atoms with Crippen LogP contribution < -0.4 is 0 Å². The summed E-state index contributed by atoms with van der Waals surface area (Å²) < 4.78 is 18.3. The van der Waals surface area contributed by atoms with Crippen molar-refractivity contribution < 1.29 is 14.2 Å². The lowest BCUT2D eigenvalue weighted by atomic mass is 10.0. The van der Waals surface area contributed by atoms with Gasteiger partial charge in [-0.25, -0.2) is 4.39 Å². The summed E-state index contributed by atoms with van der Waals surface area (Å²) in [5.74, 6) is 0.129. The predicted molar refractivity (Wildman–Crippen MR) is 40.1 cm³/mol. The van der Waals surface area contributed by atoms with Crippen molar-refractivity contribution in [3.8, 4) is 0 Å². The quantitative estimate of drug-likeness (QED) is 0.626. The molecule has 1 fully saturated rings. The Hall–Kier alpha value is -0.150. The van der Waals surface area contributed by atoms with Crippen molar-refractivity contribution in [3.05, 3.63) is 0 Å². The van der Waals surface area contributed by atoms with E-state index in [0.717, 1.165) is 0 Å². The van der Waals surface area contributed by atoms with Gasteiger partial charge in [0.1, 0.15) is 6.10 Å². The Morgan fingerprint density at radius 3 is 2.18 bits per heavy atom. The van der Waals surface area contributed by atoms with Crippen LogP contribution in [0, 0.1) is 5.92 Å². The van der Waals surface area contributed by atoms with Gasteiger partial charge < -0.3 is 9.84 Å². The molecule has 1 saturated heterocycles. The van der Waals surface area contributed by atoms with Crippen LogP contribution in [0.2, 0.25) is 0 Å². The lowest BCUT2D eigenvalue weighted by Crippen LogP contribution is -2.30. The molecule has 1 aliphatic rings. The molecule has 1 N–H and O–H groups in total. The minimum atomic E-state index is -1.22. The first kappa shape index (κ1) is 8.94. The topological polar surface area (TPSA) is 29.5 Å². The van der Waals surface area contributed by atoms with Crippen LogP contribution in [-0.4, -0.2) is 29.6 Å². The molecule has 0 aromatic heterocycles. The van der Waals surface area contributed by atoms with Gasteiger partial charge in [0.25, 0.3) is 0 Å². The van der Waals surface area contributed by atoms with Crippen molar-refractivity contribution in [2.45, 2.75) is 45.3 Å². The molecular formula is C8H15FO2. The number of hydrogen-bond donors (Lipinski definition) is 1. The van der Waals surface area contributed by atoms with Crippen LogP contribution in [0.3, 0.4) is 0 Å². The molecule has 0 unspecified atom stereocenters. The molecule has 11 heavy (non-hydrogen) atoms. The maximum absolute atomic E-state index is 13.1. The molecular weight excluding hydrogens is 147 g/mol. The number of halogens is 1. The number of aliphatic hydroxyl groups is 1. The van der Waals surface area contributed by atoms with Gasteiger partial charge in [0.2, 0.25) is 0 Å². The van der Waals surface area contributed by atoms with E-state index in [2.05, 4.69) is 0 Å². The molecule has 0 aromatic rings. The average Bonchev–Trinajstić information content (AvgIpc) is 2.17. The zero-order valence-electron chi connectivity index (χ0n) is 7.12. The van der Waals surface area contributed by atoms with E-state index in [-0.39, 0.29) is 12.0 Å². The molecule has 0 saturated carbocycles. The van der Waals surface area contributed by atoms with Crippen LogP contribution >= 0.6 is 0 Å². The van der Waals surface area contributed by atoms with E-state index in [1.807, 2.05) is 13.8 Å². The Bertz CT molecular complexity index is 138. The van der Waals surface area contributed by atoms with Crippen LogP contribution in [0.4, 0.5) is 4.39 Å². The fourth-order valence-electron chi connectivity index (χ4n) is 1.38. The third-order valence-electron chi connectivity index (χ3n) is 2.15. The summed E-state index contributed by atoms with van der Waals surface area (Å²) >= 11 is 0. The maximum Gasteiger partial charge on any atom is 0.155 e. The zero-order valence-corrected chi connectivity index (χ0v) is 7.12. The van der Waals surface area contributed by atoms with Crippen molar-refractivity contribution in [1.29, 1.82) is 0 Å². The van der Waals surface area contributed by atoms with Crippen LogP contribution in [-0.2, 0) is 4.74 Å². The van der Waals surface area contributed by atoms with Gasteiger partial charge in [-0.05, 0) is 12.8 Å². The SMILES string of the molecule is CC(C)[C@@H]1O[C@H](C)[C@@H](O)[C@@H]1F. The highest BCUT2D eigenvalue weighted by Crippen LogP contribution is 2.28. The number of ether oxygens (including phenoxy) is 1. The van der Waals surface area contributed by atoms with Gasteiger partial charge in [0, 0.05) is 0 Å². The minimum Gasteiger partial charge on any atom is -0.387 e. The Morgan fingerprint density at radius 1 is 1.45 bits per heavy atom. The minimum absolute atomic E-state index is 0.129. The van der Waals surface area contributed by atoms with Crippen molar-refractivity contribution in [2.75, 3.05) is 0 Å². The van der Waals surface area contributed by atoms with E-state index in [1.165, 1.54) is 0 Å². The molecule has 66 valence electrons. The predicted octanol–water partition coefficient (Wildman–Crippen LogP) is 1.13. The number of hydrogen-bond acceptors (Lipinski definition) is 2. The van der Waals surface area contributed by atoms with Gasteiger partial charge >= 0.3 is 0 Å². The van der Waals surface area contributed by atoms with Crippen LogP contribution in [0.25, 0.3) is 0 Å². The number of rotatable bonds is 1. The first-order valence-corrected chi connectivity index (χ1v) is 4.01. The van der Waals surface area contributed by atoms with E-state index in [4.69, 9.17) is 4.74 Å². The lowest BCUT2D eigenvalue weighted by molar-refractivity contribution is 0.00144. The van der Waals surface area contributed by atoms with Gasteiger partial charge in [-0.3, -0.25) is 0 Å². The summed E-state index contributed by atoms with van der Waals surface area (Å²) in [6.45, 7) is 5.48. The van der Waals surface area contributed by atoms with E-state index >= 15 is 0 Å². The number of alkyl halides is 1. The summed E-state index contributed by atoms with van der Waals surface area (Å²) in [6.07, 6.45) is -2.95. The molecule has 2 nitrogen and oxygen atoms in total. The second-order valence-electron chi connectivity index (χ2n) is 3.48. The Labute approximate surface area is 66.4 Å². The van der Waals surface area contributed by atoms with E-state index in [0.29, 0.717) is 0 Å². The highest BCUT2D eigenvalue weighted by Gasteiger charge is 2.42. The van der Waals surface area contributed by atoms with E-state index < -0.39 is 18.4 Å². The molecule has 1 rings (SSSR count). The lowest BCUT2D eigenvalue weighted by Gasteiger charge is -2.16. The van der Waals surface area contributed by atoms with Gasteiger partial charge in [0.05, 0.1) is 12.2 Å².